The van der Waals surface area contributed by atoms with Crippen LogP contribution in [0.2, 0.25) is 0 Å². The van der Waals surface area contributed by atoms with Gasteiger partial charge in [0.15, 0.2) is 11.6 Å². The van der Waals surface area contributed by atoms with E-state index in [2.05, 4.69) is 20.2 Å². The van der Waals surface area contributed by atoms with Crippen molar-refractivity contribution in [2.45, 2.75) is 12.3 Å². The van der Waals surface area contributed by atoms with Crippen LogP contribution in [0.5, 0.6) is 5.75 Å². The van der Waals surface area contributed by atoms with Crippen LogP contribution in [0.1, 0.15) is 23.6 Å². The molecule has 4 rings (SSSR count). The van der Waals surface area contributed by atoms with E-state index in [1.807, 2.05) is 37.5 Å². The molecule has 3 heterocycles. The molecule has 0 aliphatic rings. The Morgan fingerprint density at radius 1 is 1.12 bits per heavy atom. The predicted molar refractivity (Wildman–Crippen MR) is 125 cm³/mol. The summed E-state index contributed by atoms with van der Waals surface area (Å²) >= 11 is 0. The second kappa shape index (κ2) is 10.8. The Hall–Kier alpha value is -3.89. The van der Waals surface area contributed by atoms with Gasteiger partial charge < -0.3 is 14.6 Å². The number of hydrogen-bond donors (Lipinski definition) is 1. The number of methoxy groups -OCH3 is 1. The van der Waals surface area contributed by atoms with Gasteiger partial charge in [-0.2, -0.15) is 10.2 Å². The van der Waals surface area contributed by atoms with E-state index in [1.165, 1.54) is 6.07 Å². The minimum Gasteiger partial charge on any atom is -0.488 e. The second-order valence-corrected chi connectivity index (χ2v) is 7.66. The summed E-state index contributed by atoms with van der Waals surface area (Å²) in [6.45, 7) is 0.798. The highest BCUT2D eigenvalue weighted by Gasteiger charge is 2.20. The number of aryl methyl sites for hydroxylation is 1. The normalized spacial score (nSPS) is 12.0. The fourth-order valence-corrected chi connectivity index (χ4v) is 3.60. The maximum atomic E-state index is 12.8. The first-order valence-corrected chi connectivity index (χ1v) is 10.8. The van der Waals surface area contributed by atoms with E-state index in [0.717, 1.165) is 16.8 Å². The van der Waals surface area contributed by atoms with E-state index >= 15 is 0 Å². The highest BCUT2D eigenvalue weighted by molar-refractivity contribution is 5.57. The van der Waals surface area contributed by atoms with Crippen molar-refractivity contribution >= 4 is 0 Å². The van der Waals surface area contributed by atoms with E-state index in [1.54, 1.807) is 41.3 Å². The zero-order valence-corrected chi connectivity index (χ0v) is 19.0. The van der Waals surface area contributed by atoms with Gasteiger partial charge in [-0.05, 0) is 18.1 Å². The lowest BCUT2D eigenvalue weighted by molar-refractivity contribution is 0.146. The molecule has 0 amide bonds. The van der Waals surface area contributed by atoms with Crippen molar-refractivity contribution < 1.29 is 14.6 Å². The van der Waals surface area contributed by atoms with Crippen LogP contribution < -0.4 is 10.2 Å². The third kappa shape index (κ3) is 5.36. The summed E-state index contributed by atoms with van der Waals surface area (Å²) in [5.74, 6) is 0.676. The van der Waals surface area contributed by atoms with Crippen LogP contribution in [0, 0.1) is 0 Å². The summed E-state index contributed by atoms with van der Waals surface area (Å²) in [6.07, 6.45) is 8.66. The Bertz CT molecular complexity index is 1290. The van der Waals surface area contributed by atoms with E-state index < -0.39 is 5.92 Å². The smallest absolute Gasteiger partial charge is 0.203 e. The quantitative estimate of drug-likeness (QED) is 0.356. The Morgan fingerprint density at radius 2 is 1.94 bits per heavy atom. The lowest BCUT2D eigenvalue weighted by atomic mass is 9.91. The van der Waals surface area contributed by atoms with Gasteiger partial charge in [0.1, 0.15) is 18.0 Å². The van der Waals surface area contributed by atoms with Crippen molar-refractivity contribution in [3.05, 3.63) is 82.8 Å². The number of ether oxygens (including phenoxy) is 2. The topological polar surface area (TPSA) is 117 Å². The molecule has 0 saturated carbocycles. The predicted octanol–water partition coefficient (Wildman–Crippen LogP) is 1.96. The molecule has 0 saturated heterocycles. The molecule has 3 aromatic heterocycles. The molecule has 1 atom stereocenters. The van der Waals surface area contributed by atoms with Crippen molar-refractivity contribution in [3.8, 4) is 22.8 Å². The van der Waals surface area contributed by atoms with Gasteiger partial charge in [0, 0.05) is 44.5 Å². The Morgan fingerprint density at radius 3 is 2.65 bits per heavy atom. The van der Waals surface area contributed by atoms with Gasteiger partial charge in [0.05, 0.1) is 31.4 Å². The second-order valence-electron chi connectivity index (χ2n) is 7.66. The average Bonchev–Trinajstić information content (AvgIpc) is 3.30. The monoisotopic (exact) mass is 462 g/mol. The first-order chi connectivity index (χ1) is 16.6. The summed E-state index contributed by atoms with van der Waals surface area (Å²) in [6, 6.07) is 9.09. The van der Waals surface area contributed by atoms with Crippen LogP contribution in [0.25, 0.3) is 17.1 Å². The molecular formula is C24H26N6O4. The largest absolute Gasteiger partial charge is 0.488 e. The molecule has 4 aromatic rings. The molecular weight excluding hydrogens is 436 g/mol. The van der Waals surface area contributed by atoms with Gasteiger partial charge in [0.25, 0.3) is 0 Å². The molecule has 0 bridgehead atoms. The van der Waals surface area contributed by atoms with Crippen LogP contribution in [-0.4, -0.2) is 61.6 Å². The molecule has 176 valence electrons. The molecule has 1 unspecified atom stereocenters. The Labute approximate surface area is 196 Å². The van der Waals surface area contributed by atoms with Crippen molar-refractivity contribution in [3.63, 3.8) is 0 Å². The Kier molecular flexibility index (Phi) is 7.41. The third-order valence-corrected chi connectivity index (χ3v) is 5.27. The number of rotatable bonds is 10. The first kappa shape index (κ1) is 23.3. The zero-order chi connectivity index (χ0) is 23.9. The lowest BCUT2D eigenvalue weighted by Gasteiger charge is -2.17. The maximum absolute atomic E-state index is 12.8. The number of hydrogen-bond acceptors (Lipinski definition) is 8. The van der Waals surface area contributed by atoms with Crippen molar-refractivity contribution in [2.24, 2.45) is 7.05 Å². The summed E-state index contributed by atoms with van der Waals surface area (Å²) in [4.78, 5) is 21.6. The fourth-order valence-electron chi connectivity index (χ4n) is 3.60. The summed E-state index contributed by atoms with van der Waals surface area (Å²) in [7, 11) is 3.42. The van der Waals surface area contributed by atoms with Gasteiger partial charge >= 0.3 is 0 Å². The fraction of sp³-hybridized carbons (Fsp3) is 0.292. The molecule has 0 radical (unpaired) electrons. The zero-order valence-electron chi connectivity index (χ0n) is 19.0. The minimum absolute atomic E-state index is 0.0954. The van der Waals surface area contributed by atoms with Crippen molar-refractivity contribution in [1.29, 1.82) is 0 Å². The average molecular weight is 463 g/mol. The number of aromatic nitrogens is 6. The van der Waals surface area contributed by atoms with Crippen LogP contribution >= 0.6 is 0 Å². The van der Waals surface area contributed by atoms with E-state index in [4.69, 9.17) is 9.47 Å². The van der Waals surface area contributed by atoms with Gasteiger partial charge in [0.2, 0.25) is 5.43 Å². The van der Waals surface area contributed by atoms with E-state index in [-0.39, 0.29) is 12.0 Å². The van der Waals surface area contributed by atoms with Crippen molar-refractivity contribution in [2.75, 3.05) is 26.9 Å². The molecule has 0 aliphatic heterocycles. The van der Waals surface area contributed by atoms with Crippen LogP contribution in [-0.2, 0) is 11.8 Å². The summed E-state index contributed by atoms with van der Waals surface area (Å²) in [5, 5.41) is 18.5. The molecule has 0 spiro atoms. The molecule has 1 N–H and O–H groups in total. The summed E-state index contributed by atoms with van der Waals surface area (Å²) < 4.78 is 13.8. The highest BCUT2D eigenvalue weighted by Crippen LogP contribution is 2.28. The molecule has 1 aromatic carbocycles. The lowest BCUT2D eigenvalue weighted by Crippen LogP contribution is -2.21. The first-order valence-electron chi connectivity index (χ1n) is 10.8. The minimum atomic E-state index is -0.404. The standard InChI is InChI=1S/C24H26N6O4/c1-29-16-19(13-27-29)30-8-6-22(32)23(28-30)21(7-9-31)17-4-3-5-18(12-17)24-25-14-20(15-26-24)34-11-10-33-2/h3-6,8,12-16,21,31H,7,9-11H2,1-2H3. The maximum Gasteiger partial charge on any atom is 0.203 e. The molecule has 34 heavy (non-hydrogen) atoms. The van der Waals surface area contributed by atoms with E-state index in [9.17, 15) is 9.90 Å². The SMILES string of the molecule is COCCOc1cnc(-c2cccc(C(CCO)c3nn(-c4cnn(C)c4)ccc3=O)c2)nc1. The number of nitrogens with zero attached hydrogens (tertiary/aromatic N) is 6. The van der Waals surface area contributed by atoms with Gasteiger partial charge in [-0.15, -0.1) is 0 Å². The Balaban J connectivity index is 1.65. The third-order valence-electron chi connectivity index (χ3n) is 5.27. The highest BCUT2D eigenvalue weighted by atomic mass is 16.5. The molecule has 10 nitrogen and oxygen atoms in total. The van der Waals surface area contributed by atoms with E-state index in [0.29, 0.717) is 36.9 Å². The molecule has 10 heteroatoms. The summed E-state index contributed by atoms with van der Waals surface area (Å²) in [5.41, 5.74) is 2.51. The van der Waals surface area contributed by atoms with Gasteiger partial charge in [-0.1, -0.05) is 18.2 Å². The molecule has 0 aliphatic carbocycles. The van der Waals surface area contributed by atoms with Crippen molar-refractivity contribution in [1.82, 2.24) is 29.5 Å². The number of aliphatic hydroxyl groups is 1. The van der Waals surface area contributed by atoms with Gasteiger partial charge in [-0.3, -0.25) is 9.48 Å². The number of benzene rings is 1. The van der Waals surface area contributed by atoms with Crippen LogP contribution in [0.4, 0.5) is 0 Å². The molecule has 0 fully saturated rings. The number of aliphatic hydroxyl groups excluding tert-OH is 1. The van der Waals surface area contributed by atoms with Gasteiger partial charge in [-0.25, -0.2) is 14.6 Å². The van der Waals surface area contributed by atoms with Crippen LogP contribution in [0.15, 0.2) is 66.1 Å². The van der Waals surface area contributed by atoms with Crippen LogP contribution in [0.3, 0.4) is 0 Å².